The van der Waals surface area contributed by atoms with Crippen molar-refractivity contribution in [1.29, 1.82) is 0 Å². The molecular weight excluding hydrogens is 328 g/mol. The SMILES string of the molecule is CCC1CC2C(CCC3(C)C2CCC3[C@H](C)CCCO)C2(C)CCCCC12. The average Bonchev–Trinajstić information content (AvgIpc) is 3.02. The molecular formula is C26H46O. The molecule has 0 heterocycles. The minimum Gasteiger partial charge on any atom is -0.396 e. The van der Waals surface area contributed by atoms with Crippen LogP contribution in [0.2, 0.25) is 0 Å². The van der Waals surface area contributed by atoms with Crippen LogP contribution in [0.1, 0.15) is 105 Å². The van der Waals surface area contributed by atoms with Crippen molar-refractivity contribution in [2.24, 2.45) is 52.3 Å². The van der Waals surface area contributed by atoms with Crippen LogP contribution in [0.15, 0.2) is 0 Å². The lowest BCUT2D eigenvalue weighted by Crippen LogP contribution is -2.55. The van der Waals surface area contributed by atoms with Crippen LogP contribution >= 0.6 is 0 Å². The Morgan fingerprint density at radius 2 is 1.70 bits per heavy atom. The predicted molar refractivity (Wildman–Crippen MR) is 114 cm³/mol. The van der Waals surface area contributed by atoms with Gasteiger partial charge in [-0.2, -0.15) is 0 Å². The number of rotatable bonds is 5. The molecule has 0 aliphatic heterocycles. The quantitative estimate of drug-likeness (QED) is 0.545. The summed E-state index contributed by atoms with van der Waals surface area (Å²) in [6.45, 7) is 10.8. The Bertz CT molecular complexity index is 514. The Labute approximate surface area is 169 Å². The molecule has 1 nitrogen and oxygen atoms in total. The van der Waals surface area contributed by atoms with Gasteiger partial charge in [-0.1, -0.05) is 47.0 Å². The first-order valence-electron chi connectivity index (χ1n) is 12.6. The van der Waals surface area contributed by atoms with Crippen molar-refractivity contribution in [2.75, 3.05) is 6.61 Å². The van der Waals surface area contributed by atoms with Crippen LogP contribution in [0.4, 0.5) is 0 Å². The summed E-state index contributed by atoms with van der Waals surface area (Å²) < 4.78 is 0. The second kappa shape index (κ2) is 7.66. The van der Waals surface area contributed by atoms with E-state index in [0.717, 1.165) is 47.8 Å². The lowest BCUT2D eigenvalue weighted by molar-refractivity contribution is -0.138. The van der Waals surface area contributed by atoms with E-state index in [1.165, 1.54) is 64.2 Å². The van der Waals surface area contributed by atoms with Gasteiger partial charge in [-0.3, -0.25) is 0 Å². The molecule has 27 heavy (non-hydrogen) atoms. The maximum Gasteiger partial charge on any atom is 0.0431 e. The fourth-order valence-electron chi connectivity index (χ4n) is 9.61. The third-order valence-corrected chi connectivity index (χ3v) is 10.9. The molecule has 1 heteroatoms. The van der Waals surface area contributed by atoms with E-state index in [4.69, 9.17) is 0 Å². The predicted octanol–water partition coefficient (Wildman–Crippen LogP) is 7.08. The lowest BCUT2D eigenvalue weighted by Gasteiger charge is -2.63. The lowest BCUT2D eigenvalue weighted by atomic mass is 9.42. The Hall–Kier alpha value is -0.0400. The molecule has 4 aliphatic rings. The molecule has 0 amide bonds. The van der Waals surface area contributed by atoms with Gasteiger partial charge in [0, 0.05) is 6.61 Å². The number of aliphatic hydroxyl groups excluding tert-OH is 1. The van der Waals surface area contributed by atoms with E-state index in [1.54, 1.807) is 6.42 Å². The molecule has 8 unspecified atom stereocenters. The van der Waals surface area contributed by atoms with Crippen molar-refractivity contribution in [3.8, 4) is 0 Å². The number of aliphatic hydroxyl groups is 1. The molecule has 4 fully saturated rings. The van der Waals surface area contributed by atoms with E-state index in [9.17, 15) is 5.11 Å². The minimum absolute atomic E-state index is 0.375. The van der Waals surface area contributed by atoms with Gasteiger partial charge in [0.05, 0.1) is 0 Å². The second-order valence-corrected chi connectivity index (χ2v) is 11.7. The molecule has 0 aromatic heterocycles. The Kier molecular flexibility index (Phi) is 5.74. The van der Waals surface area contributed by atoms with Crippen molar-refractivity contribution < 1.29 is 5.11 Å². The topological polar surface area (TPSA) is 20.2 Å². The summed E-state index contributed by atoms with van der Waals surface area (Å²) in [6.07, 6.45) is 17.2. The molecule has 0 bridgehead atoms. The number of hydrogen-bond acceptors (Lipinski definition) is 1. The zero-order valence-corrected chi connectivity index (χ0v) is 18.7. The zero-order valence-electron chi connectivity index (χ0n) is 18.7. The monoisotopic (exact) mass is 374 g/mol. The molecule has 0 aromatic rings. The highest BCUT2D eigenvalue weighted by Gasteiger charge is 2.61. The van der Waals surface area contributed by atoms with Gasteiger partial charge < -0.3 is 5.11 Å². The van der Waals surface area contributed by atoms with Crippen molar-refractivity contribution in [1.82, 2.24) is 0 Å². The molecule has 0 spiro atoms. The number of hydrogen-bond donors (Lipinski definition) is 1. The normalized spacial score (nSPS) is 50.6. The highest BCUT2D eigenvalue weighted by Crippen LogP contribution is 2.69. The van der Waals surface area contributed by atoms with Crippen LogP contribution in [0.5, 0.6) is 0 Å². The third kappa shape index (κ3) is 3.13. The van der Waals surface area contributed by atoms with Crippen molar-refractivity contribution in [3.05, 3.63) is 0 Å². The van der Waals surface area contributed by atoms with Gasteiger partial charge in [0.25, 0.3) is 0 Å². The standard InChI is InChI=1S/C26H46O/c1-5-19-17-20-23-12-11-21(18(2)9-8-16-27)26(23,4)15-13-24(20)25(3)14-7-6-10-22(19)25/h18-24,27H,5-17H2,1-4H3/t18-,19?,20?,21?,22?,23?,24?,25?,26?/m1/s1. The van der Waals surface area contributed by atoms with Crippen LogP contribution in [-0.4, -0.2) is 11.7 Å². The third-order valence-electron chi connectivity index (χ3n) is 10.9. The van der Waals surface area contributed by atoms with Crippen LogP contribution < -0.4 is 0 Å². The Balaban J connectivity index is 1.58. The Morgan fingerprint density at radius 1 is 0.926 bits per heavy atom. The molecule has 0 saturated heterocycles. The fraction of sp³-hybridized carbons (Fsp3) is 1.00. The molecule has 4 rings (SSSR count). The highest BCUT2D eigenvalue weighted by molar-refractivity contribution is 5.10. The molecule has 0 aromatic carbocycles. The molecule has 156 valence electrons. The van der Waals surface area contributed by atoms with Crippen LogP contribution in [0, 0.1) is 52.3 Å². The van der Waals surface area contributed by atoms with E-state index < -0.39 is 0 Å². The number of fused-ring (bicyclic) bond motifs is 5. The largest absolute Gasteiger partial charge is 0.396 e. The van der Waals surface area contributed by atoms with Crippen molar-refractivity contribution in [3.63, 3.8) is 0 Å². The van der Waals surface area contributed by atoms with Gasteiger partial charge in [-0.05, 0) is 110 Å². The first-order valence-corrected chi connectivity index (χ1v) is 12.6. The van der Waals surface area contributed by atoms with Crippen molar-refractivity contribution in [2.45, 2.75) is 105 Å². The van der Waals surface area contributed by atoms with Gasteiger partial charge >= 0.3 is 0 Å². The Morgan fingerprint density at radius 3 is 2.44 bits per heavy atom. The highest BCUT2D eigenvalue weighted by atomic mass is 16.2. The maximum absolute atomic E-state index is 9.30. The first-order chi connectivity index (χ1) is 13.0. The minimum atomic E-state index is 0.375. The van der Waals surface area contributed by atoms with Gasteiger partial charge in [-0.15, -0.1) is 0 Å². The smallest absolute Gasteiger partial charge is 0.0431 e. The summed E-state index contributed by atoms with van der Waals surface area (Å²) in [4.78, 5) is 0. The molecule has 4 aliphatic carbocycles. The van der Waals surface area contributed by atoms with E-state index in [0.29, 0.717) is 17.4 Å². The van der Waals surface area contributed by atoms with Crippen molar-refractivity contribution >= 4 is 0 Å². The summed E-state index contributed by atoms with van der Waals surface area (Å²) in [6, 6.07) is 0. The van der Waals surface area contributed by atoms with E-state index in [2.05, 4.69) is 27.7 Å². The summed E-state index contributed by atoms with van der Waals surface area (Å²) in [7, 11) is 0. The van der Waals surface area contributed by atoms with Crippen LogP contribution in [-0.2, 0) is 0 Å². The van der Waals surface area contributed by atoms with E-state index in [-0.39, 0.29) is 0 Å². The zero-order chi connectivity index (χ0) is 19.2. The van der Waals surface area contributed by atoms with E-state index >= 15 is 0 Å². The molecule has 4 saturated carbocycles. The summed E-state index contributed by atoms with van der Waals surface area (Å²) in [5.74, 6) is 6.77. The van der Waals surface area contributed by atoms with Gasteiger partial charge in [0.15, 0.2) is 0 Å². The summed E-state index contributed by atoms with van der Waals surface area (Å²) in [5, 5.41) is 9.30. The van der Waals surface area contributed by atoms with Crippen LogP contribution in [0.3, 0.4) is 0 Å². The molecule has 1 N–H and O–H groups in total. The fourth-order valence-corrected chi connectivity index (χ4v) is 9.61. The summed E-state index contributed by atoms with van der Waals surface area (Å²) >= 11 is 0. The second-order valence-electron chi connectivity index (χ2n) is 11.7. The van der Waals surface area contributed by atoms with Gasteiger partial charge in [0.1, 0.15) is 0 Å². The van der Waals surface area contributed by atoms with E-state index in [1.807, 2.05) is 0 Å². The van der Waals surface area contributed by atoms with Crippen LogP contribution in [0.25, 0.3) is 0 Å². The maximum atomic E-state index is 9.30. The van der Waals surface area contributed by atoms with Gasteiger partial charge in [0.2, 0.25) is 0 Å². The first kappa shape index (κ1) is 20.2. The molecule has 0 radical (unpaired) electrons. The summed E-state index contributed by atoms with van der Waals surface area (Å²) in [5.41, 5.74) is 1.25. The average molecular weight is 375 g/mol. The van der Waals surface area contributed by atoms with Gasteiger partial charge in [-0.25, -0.2) is 0 Å². The molecule has 9 atom stereocenters.